The zero-order valence-corrected chi connectivity index (χ0v) is 11.3. The van der Waals surface area contributed by atoms with Crippen LogP contribution in [-0.4, -0.2) is 36.9 Å². The predicted molar refractivity (Wildman–Crippen MR) is 68.8 cm³/mol. The van der Waals surface area contributed by atoms with Crippen molar-refractivity contribution in [3.63, 3.8) is 0 Å². The molecule has 0 bridgehead atoms. The van der Waals surface area contributed by atoms with Crippen molar-refractivity contribution in [1.82, 2.24) is 4.90 Å². The van der Waals surface area contributed by atoms with Gasteiger partial charge in [0.15, 0.2) is 0 Å². The van der Waals surface area contributed by atoms with E-state index in [1.807, 2.05) is 6.92 Å². The van der Waals surface area contributed by atoms with Gasteiger partial charge in [-0.25, -0.2) is 0 Å². The van der Waals surface area contributed by atoms with E-state index in [2.05, 4.69) is 30.8 Å². The van der Waals surface area contributed by atoms with Crippen LogP contribution in [-0.2, 0) is 4.84 Å². The van der Waals surface area contributed by atoms with E-state index in [4.69, 9.17) is 4.84 Å². The number of hydrogen-bond acceptors (Lipinski definition) is 3. The standard InChI is InChI=1S/C13H26N2O/c1-12(13(2,3)4)14-16-11-10-15-8-6-5-7-9-15/h5-11H2,1-4H3/b14-12+. The van der Waals surface area contributed by atoms with E-state index in [0.29, 0.717) is 6.61 Å². The van der Waals surface area contributed by atoms with Gasteiger partial charge in [-0.1, -0.05) is 32.3 Å². The summed E-state index contributed by atoms with van der Waals surface area (Å²) in [5, 5.41) is 4.17. The summed E-state index contributed by atoms with van der Waals surface area (Å²) in [6, 6.07) is 0. The van der Waals surface area contributed by atoms with Crippen molar-refractivity contribution >= 4 is 5.71 Å². The highest BCUT2D eigenvalue weighted by molar-refractivity contribution is 5.86. The molecule has 0 spiro atoms. The van der Waals surface area contributed by atoms with Crippen molar-refractivity contribution in [1.29, 1.82) is 0 Å². The summed E-state index contributed by atoms with van der Waals surface area (Å²) >= 11 is 0. The maximum atomic E-state index is 5.37. The highest BCUT2D eigenvalue weighted by atomic mass is 16.6. The van der Waals surface area contributed by atoms with Crippen LogP contribution in [0.5, 0.6) is 0 Å². The summed E-state index contributed by atoms with van der Waals surface area (Å²) in [6.45, 7) is 12.7. The molecule has 3 heteroatoms. The van der Waals surface area contributed by atoms with Gasteiger partial charge in [0.25, 0.3) is 0 Å². The van der Waals surface area contributed by atoms with Crippen molar-refractivity contribution in [2.75, 3.05) is 26.2 Å². The molecule has 1 saturated heterocycles. The van der Waals surface area contributed by atoms with E-state index in [1.54, 1.807) is 0 Å². The van der Waals surface area contributed by atoms with Crippen LogP contribution in [0.3, 0.4) is 0 Å². The molecule has 0 N–H and O–H groups in total. The van der Waals surface area contributed by atoms with Crippen LogP contribution in [0.15, 0.2) is 5.16 Å². The summed E-state index contributed by atoms with van der Waals surface area (Å²) in [7, 11) is 0. The molecule has 1 aliphatic heterocycles. The number of piperidine rings is 1. The van der Waals surface area contributed by atoms with Gasteiger partial charge in [-0.05, 0) is 32.9 Å². The molecule has 94 valence electrons. The first-order valence-electron chi connectivity index (χ1n) is 6.39. The van der Waals surface area contributed by atoms with Gasteiger partial charge in [-0.3, -0.25) is 4.90 Å². The van der Waals surface area contributed by atoms with Crippen LogP contribution in [0.4, 0.5) is 0 Å². The van der Waals surface area contributed by atoms with E-state index < -0.39 is 0 Å². The van der Waals surface area contributed by atoms with Crippen molar-refractivity contribution in [2.45, 2.75) is 47.0 Å². The Hall–Kier alpha value is -0.570. The average molecular weight is 226 g/mol. The lowest BCUT2D eigenvalue weighted by Gasteiger charge is -2.25. The fraction of sp³-hybridized carbons (Fsp3) is 0.923. The molecule has 1 heterocycles. The van der Waals surface area contributed by atoms with Gasteiger partial charge >= 0.3 is 0 Å². The molecule has 1 fully saturated rings. The molecule has 0 amide bonds. The van der Waals surface area contributed by atoms with Crippen LogP contribution >= 0.6 is 0 Å². The Morgan fingerprint density at radius 1 is 1.19 bits per heavy atom. The summed E-state index contributed by atoms with van der Waals surface area (Å²) in [5.41, 5.74) is 1.18. The molecule has 0 radical (unpaired) electrons. The van der Waals surface area contributed by atoms with Crippen LogP contribution in [0.2, 0.25) is 0 Å². The van der Waals surface area contributed by atoms with Crippen LogP contribution in [0.25, 0.3) is 0 Å². The highest BCUT2D eigenvalue weighted by Gasteiger charge is 2.15. The van der Waals surface area contributed by atoms with Gasteiger partial charge in [0, 0.05) is 12.0 Å². The third-order valence-electron chi connectivity index (χ3n) is 3.23. The molecule has 16 heavy (non-hydrogen) atoms. The van der Waals surface area contributed by atoms with Gasteiger partial charge in [0.2, 0.25) is 0 Å². The Morgan fingerprint density at radius 3 is 2.38 bits per heavy atom. The normalized spacial score (nSPS) is 19.9. The number of hydrogen-bond donors (Lipinski definition) is 0. The van der Waals surface area contributed by atoms with Gasteiger partial charge in [-0.15, -0.1) is 0 Å². The Balaban J connectivity index is 2.15. The van der Waals surface area contributed by atoms with Gasteiger partial charge in [0.1, 0.15) is 6.61 Å². The summed E-state index contributed by atoms with van der Waals surface area (Å²) < 4.78 is 0. The minimum atomic E-state index is 0.116. The number of likely N-dealkylation sites (tertiary alicyclic amines) is 1. The second-order valence-electron chi connectivity index (χ2n) is 5.66. The zero-order chi connectivity index (χ0) is 12.0. The maximum absolute atomic E-state index is 5.37. The zero-order valence-electron chi connectivity index (χ0n) is 11.3. The highest BCUT2D eigenvalue weighted by Crippen LogP contribution is 2.15. The monoisotopic (exact) mass is 226 g/mol. The van der Waals surface area contributed by atoms with Gasteiger partial charge < -0.3 is 4.84 Å². The van der Waals surface area contributed by atoms with Crippen LogP contribution in [0.1, 0.15) is 47.0 Å². The molecule has 0 saturated carbocycles. The number of oxime groups is 1. The Morgan fingerprint density at radius 2 is 1.81 bits per heavy atom. The van der Waals surface area contributed by atoms with Gasteiger partial charge in [0.05, 0.1) is 5.71 Å². The third kappa shape index (κ3) is 4.97. The second-order valence-corrected chi connectivity index (χ2v) is 5.66. The van der Waals surface area contributed by atoms with Crippen molar-refractivity contribution in [2.24, 2.45) is 10.6 Å². The quantitative estimate of drug-likeness (QED) is 0.418. The topological polar surface area (TPSA) is 24.8 Å². The minimum absolute atomic E-state index is 0.116. The maximum Gasteiger partial charge on any atom is 0.129 e. The molecular formula is C13H26N2O. The third-order valence-corrected chi connectivity index (χ3v) is 3.23. The molecular weight excluding hydrogens is 200 g/mol. The predicted octanol–water partition coefficient (Wildman–Crippen LogP) is 2.91. The van der Waals surface area contributed by atoms with Crippen molar-refractivity contribution in [3.8, 4) is 0 Å². The molecule has 0 aromatic heterocycles. The first kappa shape index (κ1) is 13.5. The lowest BCUT2D eigenvalue weighted by molar-refractivity contribution is 0.101. The largest absolute Gasteiger partial charge is 0.394 e. The number of nitrogens with zero attached hydrogens (tertiary/aromatic N) is 2. The summed E-state index contributed by atoms with van der Waals surface area (Å²) in [5.74, 6) is 0. The second kappa shape index (κ2) is 6.24. The Bertz CT molecular complexity index is 225. The fourth-order valence-corrected chi connectivity index (χ4v) is 1.63. The van der Waals surface area contributed by atoms with E-state index in [-0.39, 0.29) is 5.41 Å². The molecule has 0 aromatic carbocycles. The smallest absolute Gasteiger partial charge is 0.129 e. The molecule has 0 aromatic rings. The Kier molecular flexibility index (Phi) is 5.26. The summed E-state index contributed by atoms with van der Waals surface area (Å²) in [6.07, 6.45) is 4.06. The Labute approximate surface area is 99.8 Å². The lowest BCUT2D eigenvalue weighted by atomic mass is 9.91. The van der Waals surface area contributed by atoms with Crippen LogP contribution < -0.4 is 0 Å². The van der Waals surface area contributed by atoms with E-state index in [9.17, 15) is 0 Å². The van der Waals surface area contributed by atoms with Crippen molar-refractivity contribution < 1.29 is 4.84 Å². The lowest BCUT2D eigenvalue weighted by Crippen LogP contribution is -2.32. The van der Waals surface area contributed by atoms with Crippen molar-refractivity contribution in [3.05, 3.63) is 0 Å². The fourth-order valence-electron chi connectivity index (χ4n) is 1.63. The molecule has 0 atom stereocenters. The molecule has 3 nitrogen and oxygen atoms in total. The minimum Gasteiger partial charge on any atom is -0.394 e. The summed E-state index contributed by atoms with van der Waals surface area (Å²) in [4.78, 5) is 7.83. The van der Waals surface area contributed by atoms with E-state index >= 15 is 0 Å². The molecule has 0 aliphatic carbocycles. The number of rotatable bonds is 4. The SMILES string of the molecule is C/C(=N\OCCN1CCCCC1)C(C)(C)C. The van der Waals surface area contributed by atoms with Gasteiger partial charge in [-0.2, -0.15) is 0 Å². The van der Waals surface area contributed by atoms with E-state index in [0.717, 1.165) is 12.3 Å². The molecule has 0 unspecified atom stereocenters. The van der Waals surface area contributed by atoms with E-state index in [1.165, 1.54) is 32.4 Å². The molecule has 1 aliphatic rings. The molecule has 1 rings (SSSR count). The van der Waals surface area contributed by atoms with Crippen LogP contribution in [0, 0.1) is 5.41 Å². The average Bonchev–Trinajstić information content (AvgIpc) is 2.24. The first-order valence-corrected chi connectivity index (χ1v) is 6.39. The first-order chi connectivity index (χ1) is 7.50.